The standard InChI is InChI=1S/C20H16BFN2O5S/c22-17-7-6-14(9-15(17)20(26)27)24-19(25)12-5-8-18(23-10-12)30-11-13-3-1-2-4-16(13)21(28)29/h1-10,28-29H,11H2,(H,24,25)(H,26,27). The molecule has 0 unspecified atom stereocenters. The van der Waals surface area contributed by atoms with Crippen LogP contribution in [0.15, 0.2) is 65.8 Å². The van der Waals surface area contributed by atoms with Crippen molar-refractivity contribution in [3.05, 3.63) is 83.3 Å². The summed E-state index contributed by atoms with van der Waals surface area (Å²) in [6.45, 7) is 0. The van der Waals surface area contributed by atoms with Gasteiger partial charge < -0.3 is 20.5 Å². The Morgan fingerprint density at radius 3 is 2.53 bits per heavy atom. The number of carbonyl (C=O) groups is 2. The molecule has 0 radical (unpaired) electrons. The number of benzene rings is 2. The van der Waals surface area contributed by atoms with Gasteiger partial charge in [-0.25, -0.2) is 14.2 Å². The predicted octanol–water partition coefficient (Wildman–Crippen LogP) is 2.14. The second-order valence-electron chi connectivity index (χ2n) is 6.20. The van der Waals surface area contributed by atoms with E-state index in [1.807, 2.05) is 0 Å². The quantitative estimate of drug-likeness (QED) is 0.338. The van der Waals surface area contributed by atoms with Crippen molar-refractivity contribution >= 4 is 41.9 Å². The minimum Gasteiger partial charge on any atom is -0.478 e. The summed E-state index contributed by atoms with van der Waals surface area (Å²) in [6.07, 6.45) is 1.37. The molecule has 0 saturated heterocycles. The van der Waals surface area contributed by atoms with Crippen molar-refractivity contribution in [2.45, 2.75) is 10.8 Å². The van der Waals surface area contributed by atoms with Gasteiger partial charge in [-0.2, -0.15) is 0 Å². The lowest BCUT2D eigenvalue weighted by Crippen LogP contribution is -2.32. The normalized spacial score (nSPS) is 10.5. The van der Waals surface area contributed by atoms with Gasteiger partial charge in [-0.15, -0.1) is 11.8 Å². The molecule has 1 aromatic heterocycles. The fraction of sp³-hybridized carbons (Fsp3) is 0.0500. The molecule has 152 valence electrons. The number of nitrogens with zero attached hydrogens (tertiary/aromatic N) is 1. The second kappa shape index (κ2) is 9.53. The molecule has 0 aliphatic carbocycles. The van der Waals surface area contributed by atoms with Gasteiger partial charge in [0.05, 0.1) is 16.2 Å². The van der Waals surface area contributed by atoms with E-state index in [0.717, 1.165) is 17.7 Å². The van der Waals surface area contributed by atoms with Gasteiger partial charge in [-0.3, -0.25) is 4.79 Å². The van der Waals surface area contributed by atoms with E-state index < -0.39 is 30.4 Å². The van der Waals surface area contributed by atoms with Crippen LogP contribution >= 0.6 is 11.8 Å². The van der Waals surface area contributed by atoms with Crippen molar-refractivity contribution in [2.24, 2.45) is 0 Å². The summed E-state index contributed by atoms with van der Waals surface area (Å²) in [7, 11) is -1.56. The summed E-state index contributed by atoms with van der Waals surface area (Å²) in [6, 6.07) is 13.4. The number of nitrogens with one attached hydrogen (secondary N) is 1. The number of pyridine rings is 1. The van der Waals surface area contributed by atoms with Crippen LogP contribution in [0.1, 0.15) is 26.3 Å². The van der Waals surface area contributed by atoms with Crippen molar-refractivity contribution < 1.29 is 29.1 Å². The number of carboxylic acid groups (broad SMARTS) is 1. The van der Waals surface area contributed by atoms with E-state index in [1.54, 1.807) is 36.4 Å². The molecule has 4 N–H and O–H groups in total. The lowest BCUT2D eigenvalue weighted by Gasteiger charge is -2.09. The Morgan fingerprint density at radius 1 is 1.10 bits per heavy atom. The van der Waals surface area contributed by atoms with Gasteiger partial charge in [0.2, 0.25) is 0 Å². The third-order valence-electron chi connectivity index (χ3n) is 4.16. The molecular formula is C20H16BFN2O5S. The summed E-state index contributed by atoms with van der Waals surface area (Å²) in [4.78, 5) is 27.5. The number of halogens is 1. The number of hydrogen-bond acceptors (Lipinski definition) is 6. The molecule has 7 nitrogen and oxygen atoms in total. The molecule has 1 amide bonds. The average molecular weight is 426 g/mol. The number of carbonyl (C=O) groups excluding carboxylic acids is 1. The lowest BCUT2D eigenvalue weighted by molar-refractivity contribution is 0.0691. The maximum absolute atomic E-state index is 13.5. The van der Waals surface area contributed by atoms with E-state index >= 15 is 0 Å². The molecule has 0 atom stereocenters. The average Bonchev–Trinajstić information content (AvgIpc) is 2.74. The summed E-state index contributed by atoms with van der Waals surface area (Å²) >= 11 is 1.36. The summed E-state index contributed by atoms with van der Waals surface area (Å²) in [5.74, 6) is -2.38. The van der Waals surface area contributed by atoms with Crippen LogP contribution in [0, 0.1) is 5.82 Å². The fourth-order valence-corrected chi connectivity index (χ4v) is 3.50. The molecule has 10 heteroatoms. The maximum atomic E-state index is 13.5. The number of rotatable bonds is 7. The van der Waals surface area contributed by atoms with Gasteiger partial charge in [0, 0.05) is 17.6 Å². The van der Waals surface area contributed by atoms with Crippen LogP contribution in [0.2, 0.25) is 0 Å². The van der Waals surface area contributed by atoms with Gasteiger partial charge >= 0.3 is 13.1 Å². The van der Waals surface area contributed by atoms with Gasteiger partial charge in [0.1, 0.15) is 5.82 Å². The fourth-order valence-electron chi connectivity index (χ4n) is 2.64. The van der Waals surface area contributed by atoms with E-state index in [9.17, 15) is 24.0 Å². The minimum atomic E-state index is -1.56. The zero-order valence-corrected chi connectivity index (χ0v) is 16.3. The SMILES string of the molecule is O=C(Nc1ccc(F)c(C(=O)O)c1)c1ccc(SCc2ccccc2B(O)O)nc1. The third kappa shape index (κ3) is 5.23. The lowest BCUT2D eigenvalue weighted by atomic mass is 9.77. The molecule has 0 bridgehead atoms. The Morgan fingerprint density at radius 2 is 1.87 bits per heavy atom. The Bertz CT molecular complexity index is 1080. The highest BCUT2D eigenvalue weighted by Crippen LogP contribution is 2.21. The molecular weight excluding hydrogens is 410 g/mol. The van der Waals surface area contributed by atoms with E-state index in [1.165, 1.54) is 24.0 Å². The molecule has 30 heavy (non-hydrogen) atoms. The van der Waals surface area contributed by atoms with Crippen LogP contribution < -0.4 is 10.8 Å². The summed E-state index contributed by atoms with van der Waals surface area (Å²) < 4.78 is 13.5. The van der Waals surface area contributed by atoms with Gasteiger partial charge in [-0.05, 0) is 41.4 Å². The smallest absolute Gasteiger partial charge is 0.478 e. The number of anilines is 1. The van der Waals surface area contributed by atoms with Gasteiger partial charge in [-0.1, -0.05) is 24.3 Å². The molecule has 0 fully saturated rings. The highest BCUT2D eigenvalue weighted by atomic mass is 32.2. The van der Waals surface area contributed by atoms with Crippen LogP contribution in [0.3, 0.4) is 0 Å². The first-order valence-corrected chi connectivity index (χ1v) is 9.70. The van der Waals surface area contributed by atoms with Crippen molar-refractivity contribution in [1.29, 1.82) is 0 Å². The topological polar surface area (TPSA) is 120 Å². The Hall–Kier alpha value is -3.21. The first-order chi connectivity index (χ1) is 14.3. The van der Waals surface area contributed by atoms with E-state index in [-0.39, 0.29) is 11.3 Å². The number of aromatic carboxylic acids is 1. The molecule has 0 aliphatic rings. The van der Waals surface area contributed by atoms with Crippen molar-refractivity contribution in [3.8, 4) is 0 Å². The Kier molecular flexibility index (Phi) is 6.83. The molecule has 0 aliphatic heterocycles. The van der Waals surface area contributed by atoms with Gasteiger partial charge in [0.15, 0.2) is 0 Å². The number of thioether (sulfide) groups is 1. The van der Waals surface area contributed by atoms with Crippen LogP contribution in [0.4, 0.5) is 10.1 Å². The molecule has 3 aromatic rings. The predicted molar refractivity (Wildman–Crippen MR) is 111 cm³/mol. The van der Waals surface area contributed by atoms with Gasteiger partial charge in [0.25, 0.3) is 5.91 Å². The molecule has 2 aromatic carbocycles. The monoisotopic (exact) mass is 426 g/mol. The molecule has 0 saturated carbocycles. The Balaban J connectivity index is 1.65. The molecule has 0 spiro atoms. The number of hydrogen-bond donors (Lipinski definition) is 4. The minimum absolute atomic E-state index is 0.149. The molecule has 1 heterocycles. The Labute approximate surface area is 175 Å². The first kappa shape index (κ1) is 21.5. The largest absolute Gasteiger partial charge is 0.488 e. The zero-order chi connectivity index (χ0) is 21.7. The van der Waals surface area contributed by atoms with E-state index in [0.29, 0.717) is 16.2 Å². The second-order valence-corrected chi connectivity index (χ2v) is 7.20. The van der Waals surface area contributed by atoms with Crippen LogP contribution in [-0.4, -0.2) is 39.1 Å². The first-order valence-electron chi connectivity index (χ1n) is 8.72. The van der Waals surface area contributed by atoms with Crippen LogP contribution in [0.5, 0.6) is 0 Å². The zero-order valence-electron chi connectivity index (χ0n) is 15.4. The van der Waals surface area contributed by atoms with E-state index in [4.69, 9.17) is 5.11 Å². The highest BCUT2D eigenvalue weighted by molar-refractivity contribution is 7.98. The van der Waals surface area contributed by atoms with Crippen molar-refractivity contribution in [2.75, 3.05) is 5.32 Å². The van der Waals surface area contributed by atoms with Crippen LogP contribution in [-0.2, 0) is 5.75 Å². The number of aromatic nitrogens is 1. The summed E-state index contributed by atoms with van der Waals surface area (Å²) in [5, 5.41) is 30.9. The maximum Gasteiger partial charge on any atom is 0.488 e. The number of carboxylic acids is 1. The van der Waals surface area contributed by atoms with Crippen LogP contribution in [0.25, 0.3) is 0 Å². The van der Waals surface area contributed by atoms with E-state index in [2.05, 4.69) is 10.3 Å². The van der Waals surface area contributed by atoms with Crippen molar-refractivity contribution in [1.82, 2.24) is 4.98 Å². The highest BCUT2D eigenvalue weighted by Gasteiger charge is 2.16. The molecule has 3 rings (SSSR count). The third-order valence-corrected chi connectivity index (χ3v) is 5.15. The number of amides is 1. The van der Waals surface area contributed by atoms with Crippen molar-refractivity contribution in [3.63, 3.8) is 0 Å². The summed E-state index contributed by atoms with van der Waals surface area (Å²) in [5.41, 5.74) is 1.03.